The van der Waals surface area contributed by atoms with E-state index in [0.717, 1.165) is 55.8 Å². The highest BCUT2D eigenvalue weighted by atomic mass is 16.3. The number of hydrogen-bond donors (Lipinski definition) is 0. The number of nitrogens with zero attached hydrogens (tertiary/aromatic N) is 2. The molecule has 0 aliphatic carbocycles. The van der Waals surface area contributed by atoms with Crippen LogP contribution in [0.1, 0.15) is 0 Å². The summed E-state index contributed by atoms with van der Waals surface area (Å²) in [7, 11) is 0. The summed E-state index contributed by atoms with van der Waals surface area (Å²) in [5.41, 5.74) is 17.8. The maximum atomic E-state index is 6.35. The molecule has 0 aliphatic heterocycles. The molecule has 12 rings (SSSR count). The molecule has 0 saturated heterocycles. The maximum absolute atomic E-state index is 6.35. The number of hydrogen-bond acceptors (Lipinski definition) is 2. The van der Waals surface area contributed by atoms with Gasteiger partial charge in [0.1, 0.15) is 11.2 Å². The van der Waals surface area contributed by atoms with Crippen LogP contribution in [0.25, 0.3) is 93.9 Å². The summed E-state index contributed by atoms with van der Waals surface area (Å²) < 4.78 is 8.72. The van der Waals surface area contributed by atoms with E-state index >= 15 is 0 Å². The lowest BCUT2D eigenvalue weighted by Gasteiger charge is -2.29. The van der Waals surface area contributed by atoms with Gasteiger partial charge >= 0.3 is 0 Å². The summed E-state index contributed by atoms with van der Waals surface area (Å²) in [6, 6.07) is 87.2. The molecule has 0 saturated carbocycles. The van der Waals surface area contributed by atoms with E-state index in [1.54, 1.807) is 0 Å². The molecule has 2 heterocycles. The van der Waals surface area contributed by atoms with Crippen molar-refractivity contribution in [3.05, 3.63) is 243 Å². The Balaban J connectivity index is 1.05. The molecule has 296 valence electrons. The van der Waals surface area contributed by atoms with Gasteiger partial charge < -0.3 is 13.9 Å². The molecule has 2 aromatic heterocycles. The number of aromatic nitrogens is 1. The molecule has 0 N–H and O–H groups in total. The Hall–Kier alpha value is -8.40. The molecule has 0 amide bonds. The molecule has 0 aliphatic rings. The third kappa shape index (κ3) is 6.29. The van der Waals surface area contributed by atoms with Crippen LogP contribution in [-0.2, 0) is 0 Å². The van der Waals surface area contributed by atoms with Crippen LogP contribution in [0.3, 0.4) is 0 Å². The molecule has 0 unspecified atom stereocenters. The lowest BCUT2D eigenvalue weighted by Crippen LogP contribution is -2.11. The summed E-state index contributed by atoms with van der Waals surface area (Å²) in [4.78, 5) is 2.40. The third-order valence-corrected chi connectivity index (χ3v) is 12.4. The van der Waals surface area contributed by atoms with E-state index in [4.69, 9.17) is 4.42 Å². The molecular formula is C60H40N2O. The zero-order chi connectivity index (χ0) is 41.7. The first-order chi connectivity index (χ1) is 31.3. The first-order valence-electron chi connectivity index (χ1n) is 21.5. The average Bonchev–Trinajstić information content (AvgIpc) is 3.90. The summed E-state index contributed by atoms with van der Waals surface area (Å²) >= 11 is 0. The molecule has 0 fully saturated rings. The zero-order valence-corrected chi connectivity index (χ0v) is 34.4. The monoisotopic (exact) mass is 804 g/mol. The largest absolute Gasteiger partial charge is 0.456 e. The van der Waals surface area contributed by atoms with Gasteiger partial charge in [0.2, 0.25) is 0 Å². The second-order valence-corrected chi connectivity index (χ2v) is 16.1. The lowest BCUT2D eigenvalue weighted by molar-refractivity contribution is 0.669. The van der Waals surface area contributed by atoms with Crippen LogP contribution < -0.4 is 4.90 Å². The van der Waals surface area contributed by atoms with Crippen LogP contribution in [0.5, 0.6) is 0 Å². The van der Waals surface area contributed by atoms with Crippen LogP contribution in [-0.4, -0.2) is 4.57 Å². The van der Waals surface area contributed by atoms with Gasteiger partial charge in [-0.05, 0) is 112 Å². The van der Waals surface area contributed by atoms with Crippen molar-refractivity contribution >= 4 is 60.8 Å². The maximum Gasteiger partial charge on any atom is 0.135 e. The van der Waals surface area contributed by atoms with Gasteiger partial charge in [0.15, 0.2) is 0 Å². The Morgan fingerprint density at radius 1 is 0.302 bits per heavy atom. The molecule has 0 atom stereocenters. The molecular weight excluding hydrogens is 765 g/mol. The van der Waals surface area contributed by atoms with Crippen molar-refractivity contribution in [2.75, 3.05) is 4.90 Å². The van der Waals surface area contributed by atoms with Crippen LogP contribution in [0.15, 0.2) is 247 Å². The third-order valence-electron chi connectivity index (χ3n) is 12.4. The van der Waals surface area contributed by atoms with Gasteiger partial charge in [-0.3, -0.25) is 0 Å². The van der Waals surface area contributed by atoms with Gasteiger partial charge in [-0.25, -0.2) is 0 Å². The van der Waals surface area contributed by atoms with Gasteiger partial charge in [-0.15, -0.1) is 0 Å². The highest BCUT2D eigenvalue weighted by Crippen LogP contribution is 2.47. The van der Waals surface area contributed by atoms with Crippen LogP contribution in [0, 0.1) is 0 Å². The van der Waals surface area contributed by atoms with E-state index in [9.17, 15) is 0 Å². The minimum atomic E-state index is 0.868. The van der Waals surface area contributed by atoms with Gasteiger partial charge in [-0.2, -0.15) is 0 Å². The van der Waals surface area contributed by atoms with Crippen LogP contribution in [0.4, 0.5) is 17.1 Å². The molecule has 12 aromatic rings. The van der Waals surface area contributed by atoms with E-state index in [1.807, 2.05) is 12.1 Å². The van der Waals surface area contributed by atoms with E-state index in [1.165, 1.54) is 55.2 Å². The topological polar surface area (TPSA) is 21.3 Å². The Bertz CT molecular complexity index is 3570. The number of fused-ring (bicyclic) bond motifs is 6. The molecule has 63 heavy (non-hydrogen) atoms. The smallest absolute Gasteiger partial charge is 0.135 e. The van der Waals surface area contributed by atoms with Crippen molar-refractivity contribution in [1.82, 2.24) is 4.57 Å². The minimum absolute atomic E-state index is 0.868. The first kappa shape index (κ1) is 36.5. The van der Waals surface area contributed by atoms with E-state index in [2.05, 4.69) is 240 Å². The number of para-hydroxylation sites is 4. The SMILES string of the molecule is c1ccc(-c2ccc(-c3ccccc3-c3ccccc3N(c3ccc(-n4c5ccccc5c5ccccc54)cc3)c3ccc4oc5ccccc5c4c3)c(-c3ccccc3)c2)cc1. The summed E-state index contributed by atoms with van der Waals surface area (Å²) in [6.45, 7) is 0. The predicted molar refractivity (Wildman–Crippen MR) is 264 cm³/mol. The van der Waals surface area contributed by atoms with Crippen molar-refractivity contribution in [1.29, 1.82) is 0 Å². The highest BCUT2D eigenvalue weighted by molar-refractivity contribution is 6.10. The molecule has 3 heteroatoms. The second kappa shape index (κ2) is 15.3. The van der Waals surface area contributed by atoms with E-state index in [-0.39, 0.29) is 0 Å². The summed E-state index contributed by atoms with van der Waals surface area (Å²) in [6.07, 6.45) is 0. The highest BCUT2D eigenvalue weighted by Gasteiger charge is 2.22. The van der Waals surface area contributed by atoms with Gasteiger partial charge in [0, 0.05) is 44.2 Å². The standard InChI is InChI=1S/C60H40N2O/c1-3-17-41(18-4-1)43-31-37-49(54(39-43)42-19-5-2-6-20-42)47-21-7-8-22-48(47)50-23-9-13-27-56(50)61(46-36-38-60-55(40-46)53-26-12-16-30-59(53)63-60)44-32-34-45(35-33-44)62-57-28-14-10-24-51(57)52-25-11-15-29-58(52)62/h1-40H. The average molecular weight is 805 g/mol. The Morgan fingerprint density at radius 2 is 0.825 bits per heavy atom. The number of benzene rings is 10. The molecule has 10 aromatic carbocycles. The lowest BCUT2D eigenvalue weighted by atomic mass is 9.87. The Labute approximate surface area is 366 Å². The molecule has 0 radical (unpaired) electrons. The van der Waals surface area contributed by atoms with Crippen molar-refractivity contribution in [3.63, 3.8) is 0 Å². The van der Waals surface area contributed by atoms with Crippen molar-refractivity contribution in [2.24, 2.45) is 0 Å². The fourth-order valence-corrected chi connectivity index (χ4v) is 9.53. The van der Waals surface area contributed by atoms with Crippen molar-refractivity contribution in [3.8, 4) is 50.2 Å². The van der Waals surface area contributed by atoms with E-state index in [0.29, 0.717) is 0 Å². The minimum Gasteiger partial charge on any atom is -0.456 e. The van der Waals surface area contributed by atoms with Crippen molar-refractivity contribution < 1.29 is 4.42 Å². The Kier molecular flexibility index (Phi) is 8.83. The number of furan rings is 1. The quantitative estimate of drug-likeness (QED) is 0.153. The van der Waals surface area contributed by atoms with Crippen LogP contribution in [0.2, 0.25) is 0 Å². The van der Waals surface area contributed by atoms with Crippen LogP contribution >= 0.6 is 0 Å². The first-order valence-corrected chi connectivity index (χ1v) is 21.5. The van der Waals surface area contributed by atoms with Gasteiger partial charge in [0.25, 0.3) is 0 Å². The van der Waals surface area contributed by atoms with Gasteiger partial charge in [0.05, 0.1) is 16.7 Å². The summed E-state index contributed by atoms with van der Waals surface area (Å²) in [5, 5.41) is 4.68. The van der Waals surface area contributed by atoms with Crippen molar-refractivity contribution in [2.45, 2.75) is 0 Å². The second-order valence-electron chi connectivity index (χ2n) is 16.1. The summed E-state index contributed by atoms with van der Waals surface area (Å²) in [5.74, 6) is 0. The normalized spacial score (nSPS) is 11.5. The number of anilines is 3. The zero-order valence-electron chi connectivity index (χ0n) is 34.4. The molecule has 0 bridgehead atoms. The van der Waals surface area contributed by atoms with Gasteiger partial charge in [-0.1, -0.05) is 170 Å². The van der Waals surface area contributed by atoms with E-state index < -0.39 is 0 Å². The fourth-order valence-electron chi connectivity index (χ4n) is 9.53. The molecule has 3 nitrogen and oxygen atoms in total. The molecule has 0 spiro atoms. The fraction of sp³-hybridized carbons (Fsp3) is 0. The number of rotatable bonds is 8. The Morgan fingerprint density at radius 3 is 1.54 bits per heavy atom. The predicted octanol–water partition coefficient (Wildman–Crippen LogP) is 16.8.